The lowest BCUT2D eigenvalue weighted by Gasteiger charge is -2.28. The SMILES string of the molecule is CC1CCC(CCNC(=O)C2CCC(C)NC2)CC1. The molecule has 2 N–H and O–H groups in total. The Bertz CT molecular complexity index is 276. The zero-order valence-corrected chi connectivity index (χ0v) is 12.6. The Morgan fingerprint density at radius 1 is 1.11 bits per heavy atom. The summed E-state index contributed by atoms with van der Waals surface area (Å²) < 4.78 is 0. The summed E-state index contributed by atoms with van der Waals surface area (Å²) in [6, 6.07) is 0.577. The highest BCUT2D eigenvalue weighted by Crippen LogP contribution is 2.29. The third-order valence-corrected chi connectivity index (χ3v) is 5.02. The second-order valence-electron chi connectivity index (χ2n) is 6.79. The van der Waals surface area contributed by atoms with Crippen molar-refractivity contribution in [3.63, 3.8) is 0 Å². The lowest BCUT2D eigenvalue weighted by Crippen LogP contribution is -2.44. The molecule has 110 valence electrons. The van der Waals surface area contributed by atoms with Crippen LogP contribution in [-0.4, -0.2) is 25.0 Å². The molecule has 0 radical (unpaired) electrons. The van der Waals surface area contributed by atoms with E-state index in [0.29, 0.717) is 6.04 Å². The van der Waals surface area contributed by atoms with Gasteiger partial charge in [-0.3, -0.25) is 4.79 Å². The first kappa shape index (κ1) is 14.8. The van der Waals surface area contributed by atoms with Crippen LogP contribution in [0.4, 0.5) is 0 Å². The number of nitrogens with one attached hydrogen (secondary N) is 2. The molecular weight excluding hydrogens is 236 g/mol. The van der Waals surface area contributed by atoms with E-state index in [9.17, 15) is 4.79 Å². The van der Waals surface area contributed by atoms with Crippen LogP contribution in [0.2, 0.25) is 0 Å². The van der Waals surface area contributed by atoms with Gasteiger partial charge < -0.3 is 10.6 Å². The number of piperidine rings is 1. The van der Waals surface area contributed by atoms with Crippen molar-refractivity contribution in [2.45, 2.75) is 64.8 Å². The highest BCUT2D eigenvalue weighted by atomic mass is 16.1. The van der Waals surface area contributed by atoms with Crippen molar-refractivity contribution in [3.8, 4) is 0 Å². The van der Waals surface area contributed by atoms with Crippen molar-refractivity contribution >= 4 is 5.91 Å². The Kier molecular flexibility index (Phi) is 5.68. The van der Waals surface area contributed by atoms with Gasteiger partial charge in [0.1, 0.15) is 0 Å². The van der Waals surface area contributed by atoms with E-state index in [1.807, 2.05) is 0 Å². The first-order valence-corrected chi connectivity index (χ1v) is 8.16. The third-order valence-electron chi connectivity index (χ3n) is 5.02. The maximum atomic E-state index is 12.0. The van der Waals surface area contributed by atoms with Crippen LogP contribution >= 0.6 is 0 Å². The van der Waals surface area contributed by atoms with Gasteiger partial charge in [0.2, 0.25) is 5.91 Å². The van der Waals surface area contributed by atoms with Gasteiger partial charge in [0, 0.05) is 19.1 Å². The van der Waals surface area contributed by atoms with Crippen LogP contribution in [0.3, 0.4) is 0 Å². The topological polar surface area (TPSA) is 41.1 Å². The van der Waals surface area contributed by atoms with Gasteiger partial charge in [0.15, 0.2) is 0 Å². The Hall–Kier alpha value is -0.570. The fourth-order valence-electron chi connectivity index (χ4n) is 3.38. The number of carbonyl (C=O) groups excluding carboxylic acids is 1. The van der Waals surface area contributed by atoms with E-state index in [1.54, 1.807) is 0 Å². The number of amides is 1. The molecule has 0 spiro atoms. The molecule has 1 saturated heterocycles. The second kappa shape index (κ2) is 7.28. The minimum atomic E-state index is 0.197. The van der Waals surface area contributed by atoms with Gasteiger partial charge in [0.25, 0.3) is 0 Å². The van der Waals surface area contributed by atoms with Gasteiger partial charge in [-0.1, -0.05) is 32.6 Å². The van der Waals surface area contributed by atoms with Crippen molar-refractivity contribution in [3.05, 3.63) is 0 Å². The summed E-state index contributed by atoms with van der Waals surface area (Å²) in [5.41, 5.74) is 0. The number of hydrogen-bond acceptors (Lipinski definition) is 2. The van der Waals surface area contributed by atoms with Gasteiger partial charge in [-0.15, -0.1) is 0 Å². The summed E-state index contributed by atoms with van der Waals surface area (Å²) in [5, 5.41) is 6.54. The standard InChI is InChI=1S/C16H30N2O/c1-12-3-6-14(7-4-12)9-10-17-16(19)15-8-5-13(2)18-11-15/h12-15,18H,3-11H2,1-2H3,(H,17,19). The summed E-state index contributed by atoms with van der Waals surface area (Å²) in [6.07, 6.45) is 8.82. The minimum absolute atomic E-state index is 0.197. The van der Waals surface area contributed by atoms with Gasteiger partial charge in [-0.05, 0) is 38.0 Å². The summed E-state index contributed by atoms with van der Waals surface area (Å²) in [4.78, 5) is 12.0. The third kappa shape index (κ3) is 4.79. The first-order chi connectivity index (χ1) is 9.15. The van der Waals surface area contributed by atoms with Gasteiger partial charge in [-0.2, -0.15) is 0 Å². The van der Waals surface area contributed by atoms with Crippen molar-refractivity contribution in [2.24, 2.45) is 17.8 Å². The zero-order chi connectivity index (χ0) is 13.7. The lowest BCUT2D eigenvalue weighted by atomic mass is 9.81. The molecule has 0 aromatic carbocycles. The molecule has 0 aromatic rings. The van der Waals surface area contributed by atoms with E-state index in [0.717, 1.165) is 37.8 Å². The van der Waals surface area contributed by atoms with Gasteiger partial charge >= 0.3 is 0 Å². The molecule has 2 unspecified atom stereocenters. The molecule has 2 atom stereocenters. The summed E-state index contributed by atoms with van der Waals surface area (Å²) in [5.74, 6) is 2.23. The maximum Gasteiger partial charge on any atom is 0.224 e. The smallest absolute Gasteiger partial charge is 0.224 e. The van der Waals surface area contributed by atoms with Gasteiger partial charge in [0.05, 0.1) is 5.92 Å². The molecular formula is C16H30N2O. The lowest BCUT2D eigenvalue weighted by molar-refractivity contribution is -0.125. The zero-order valence-electron chi connectivity index (χ0n) is 12.6. The van der Waals surface area contributed by atoms with E-state index >= 15 is 0 Å². The Balaban J connectivity index is 1.59. The van der Waals surface area contributed by atoms with Crippen LogP contribution in [0, 0.1) is 17.8 Å². The van der Waals surface area contributed by atoms with E-state index in [4.69, 9.17) is 0 Å². The molecule has 0 bridgehead atoms. The number of carbonyl (C=O) groups is 1. The van der Waals surface area contributed by atoms with Crippen molar-refractivity contribution in [2.75, 3.05) is 13.1 Å². The molecule has 1 saturated carbocycles. The van der Waals surface area contributed by atoms with E-state index in [2.05, 4.69) is 24.5 Å². The van der Waals surface area contributed by atoms with Crippen LogP contribution in [0.1, 0.15) is 58.8 Å². The molecule has 2 aliphatic rings. The second-order valence-corrected chi connectivity index (χ2v) is 6.79. The summed E-state index contributed by atoms with van der Waals surface area (Å²) in [6.45, 7) is 6.28. The fourth-order valence-corrected chi connectivity index (χ4v) is 3.38. The highest BCUT2D eigenvalue weighted by molar-refractivity contribution is 5.78. The van der Waals surface area contributed by atoms with E-state index in [1.165, 1.54) is 32.1 Å². The van der Waals surface area contributed by atoms with E-state index in [-0.39, 0.29) is 11.8 Å². The molecule has 3 nitrogen and oxygen atoms in total. The van der Waals surface area contributed by atoms with Crippen LogP contribution in [0.15, 0.2) is 0 Å². The fraction of sp³-hybridized carbons (Fsp3) is 0.938. The minimum Gasteiger partial charge on any atom is -0.356 e. The summed E-state index contributed by atoms with van der Waals surface area (Å²) in [7, 11) is 0. The molecule has 2 fully saturated rings. The predicted molar refractivity (Wildman–Crippen MR) is 78.9 cm³/mol. The van der Waals surface area contributed by atoms with Crippen LogP contribution < -0.4 is 10.6 Å². The number of rotatable bonds is 4. The predicted octanol–water partition coefficient (Wildman–Crippen LogP) is 2.71. The number of hydrogen-bond donors (Lipinski definition) is 2. The molecule has 3 heteroatoms. The first-order valence-electron chi connectivity index (χ1n) is 8.16. The molecule has 19 heavy (non-hydrogen) atoms. The van der Waals surface area contributed by atoms with E-state index < -0.39 is 0 Å². The van der Waals surface area contributed by atoms with Crippen LogP contribution in [0.5, 0.6) is 0 Å². The largest absolute Gasteiger partial charge is 0.356 e. The Morgan fingerprint density at radius 2 is 1.84 bits per heavy atom. The summed E-state index contributed by atoms with van der Waals surface area (Å²) >= 11 is 0. The molecule has 1 aliphatic carbocycles. The monoisotopic (exact) mass is 266 g/mol. The average Bonchev–Trinajstić information content (AvgIpc) is 2.41. The van der Waals surface area contributed by atoms with Crippen molar-refractivity contribution < 1.29 is 4.79 Å². The van der Waals surface area contributed by atoms with Crippen molar-refractivity contribution in [1.82, 2.24) is 10.6 Å². The molecule has 0 aromatic heterocycles. The quantitative estimate of drug-likeness (QED) is 0.821. The average molecular weight is 266 g/mol. The van der Waals surface area contributed by atoms with Gasteiger partial charge in [-0.25, -0.2) is 0 Å². The molecule has 1 amide bonds. The highest BCUT2D eigenvalue weighted by Gasteiger charge is 2.24. The molecule has 1 heterocycles. The van der Waals surface area contributed by atoms with Crippen LogP contribution in [0.25, 0.3) is 0 Å². The van der Waals surface area contributed by atoms with Crippen molar-refractivity contribution in [1.29, 1.82) is 0 Å². The Labute approximate surface area is 117 Å². The molecule has 1 aliphatic heterocycles. The normalized spacial score (nSPS) is 35.9. The maximum absolute atomic E-state index is 12.0. The Morgan fingerprint density at radius 3 is 2.47 bits per heavy atom. The molecule has 2 rings (SSSR count). The van der Waals surface area contributed by atoms with Crippen LogP contribution in [-0.2, 0) is 4.79 Å².